The Balaban J connectivity index is 1.96. The maximum atomic E-state index is 12.9. The van der Waals surface area contributed by atoms with Crippen LogP contribution in [0, 0.1) is 0 Å². The average Bonchev–Trinajstić information content (AvgIpc) is 3.15. The second-order valence-electron chi connectivity index (χ2n) is 5.37. The third kappa shape index (κ3) is 3.66. The maximum absolute atomic E-state index is 12.9. The second kappa shape index (κ2) is 6.98. The fourth-order valence-corrected chi connectivity index (χ4v) is 3.98. The molecule has 2 aromatic heterocycles. The molecule has 130 valence electrons. The van der Waals surface area contributed by atoms with Crippen molar-refractivity contribution >= 4 is 9.84 Å². The van der Waals surface area contributed by atoms with Gasteiger partial charge in [0.2, 0.25) is 0 Å². The summed E-state index contributed by atoms with van der Waals surface area (Å²) in [4.78, 5) is 4.22. The SMILES string of the molecule is COc1ccc(OC)c(S(=O)(=O)Cc2cncc(-c3ccoc3)c2)c1. The minimum Gasteiger partial charge on any atom is -0.497 e. The van der Waals surface area contributed by atoms with E-state index in [-0.39, 0.29) is 16.4 Å². The van der Waals surface area contributed by atoms with Gasteiger partial charge in [-0.15, -0.1) is 0 Å². The minimum absolute atomic E-state index is 0.0862. The molecule has 3 aromatic rings. The summed E-state index contributed by atoms with van der Waals surface area (Å²) < 4.78 is 41.1. The predicted molar refractivity (Wildman–Crippen MR) is 92.4 cm³/mol. The smallest absolute Gasteiger partial charge is 0.186 e. The number of benzene rings is 1. The van der Waals surface area contributed by atoms with Gasteiger partial charge in [0.05, 0.1) is 32.5 Å². The quantitative estimate of drug-likeness (QED) is 0.672. The Kier molecular flexibility index (Phi) is 4.76. The van der Waals surface area contributed by atoms with Gasteiger partial charge in [-0.2, -0.15) is 0 Å². The van der Waals surface area contributed by atoms with Gasteiger partial charge in [-0.05, 0) is 29.8 Å². The molecule has 7 heteroatoms. The lowest BCUT2D eigenvalue weighted by molar-refractivity contribution is 0.392. The Morgan fingerprint density at radius 1 is 1.04 bits per heavy atom. The highest BCUT2D eigenvalue weighted by molar-refractivity contribution is 7.90. The van der Waals surface area contributed by atoms with Crippen molar-refractivity contribution in [2.75, 3.05) is 14.2 Å². The molecule has 2 heterocycles. The van der Waals surface area contributed by atoms with E-state index in [2.05, 4.69) is 4.98 Å². The van der Waals surface area contributed by atoms with Gasteiger partial charge in [-0.25, -0.2) is 8.42 Å². The summed E-state index contributed by atoms with van der Waals surface area (Å²) in [7, 11) is -0.728. The van der Waals surface area contributed by atoms with Gasteiger partial charge >= 0.3 is 0 Å². The number of furan rings is 1. The largest absolute Gasteiger partial charge is 0.497 e. The van der Waals surface area contributed by atoms with E-state index in [0.717, 1.165) is 11.1 Å². The fraction of sp³-hybridized carbons (Fsp3) is 0.167. The molecule has 6 nitrogen and oxygen atoms in total. The molecule has 0 bridgehead atoms. The second-order valence-corrected chi connectivity index (χ2v) is 7.33. The number of rotatable bonds is 6. The molecular weight excluding hydrogens is 342 g/mol. The van der Waals surface area contributed by atoms with Crippen LogP contribution in [0.2, 0.25) is 0 Å². The summed E-state index contributed by atoms with van der Waals surface area (Å²) in [6.45, 7) is 0. The van der Waals surface area contributed by atoms with E-state index in [1.807, 2.05) is 0 Å². The summed E-state index contributed by atoms with van der Waals surface area (Å²) in [5.41, 5.74) is 2.20. The zero-order valence-corrected chi connectivity index (χ0v) is 14.6. The van der Waals surface area contributed by atoms with E-state index in [4.69, 9.17) is 13.9 Å². The van der Waals surface area contributed by atoms with Crippen molar-refractivity contribution in [2.45, 2.75) is 10.6 Å². The number of pyridine rings is 1. The first-order valence-electron chi connectivity index (χ1n) is 7.45. The lowest BCUT2D eigenvalue weighted by atomic mass is 10.1. The Morgan fingerprint density at radius 2 is 1.88 bits per heavy atom. The highest BCUT2D eigenvalue weighted by Crippen LogP contribution is 2.31. The van der Waals surface area contributed by atoms with Crippen molar-refractivity contribution in [3.63, 3.8) is 0 Å². The van der Waals surface area contributed by atoms with Crippen LogP contribution in [0.15, 0.2) is 64.6 Å². The molecule has 0 saturated heterocycles. The van der Waals surface area contributed by atoms with Crippen LogP contribution >= 0.6 is 0 Å². The predicted octanol–water partition coefficient (Wildman–Crippen LogP) is 3.33. The van der Waals surface area contributed by atoms with Gasteiger partial charge in [-0.1, -0.05) is 0 Å². The maximum Gasteiger partial charge on any atom is 0.186 e. The fourth-order valence-electron chi connectivity index (χ4n) is 2.48. The third-order valence-electron chi connectivity index (χ3n) is 3.71. The molecule has 25 heavy (non-hydrogen) atoms. The number of sulfone groups is 1. The van der Waals surface area contributed by atoms with Crippen LogP contribution in [0.4, 0.5) is 0 Å². The molecule has 0 aliphatic rings. The van der Waals surface area contributed by atoms with Crippen LogP contribution in [0.3, 0.4) is 0 Å². The van der Waals surface area contributed by atoms with Gasteiger partial charge < -0.3 is 13.9 Å². The molecule has 0 spiro atoms. The van der Waals surface area contributed by atoms with Crippen LogP contribution in [0.5, 0.6) is 11.5 Å². The number of methoxy groups -OCH3 is 2. The number of ether oxygens (including phenoxy) is 2. The van der Waals surface area contributed by atoms with Crippen LogP contribution in [-0.2, 0) is 15.6 Å². The molecule has 0 N–H and O–H groups in total. The summed E-state index contributed by atoms with van der Waals surface area (Å²) in [6, 6.07) is 8.26. The molecule has 0 unspecified atom stereocenters. The lowest BCUT2D eigenvalue weighted by Gasteiger charge is -2.11. The van der Waals surface area contributed by atoms with E-state index in [9.17, 15) is 8.42 Å². The molecule has 0 aliphatic carbocycles. The van der Waals surface area contributed by atoms with E-state index in [1.165, 1.54) is 26.5 Å². The topological polar surface area (TPSA) is 78.6 Å². The van der Waals surface area contributed by atoms with E-state index in [0.29, 0.717) is 11.3 Å². The van der Waals surface area contributed by atoms with Gasteiger partial charge in [-0.3, -0.25) is 4.98 Å². The molecule has 0 fully saturated rings. The van der Waals surface area contributed by atoms with Crippen LogP contribution in [-0.4, -0.2) is 27.6 Å². The van der Waals surface area contributed by atoms with E-state index >= 15 is 0 Å². The number of hydrogen-bond donors (Lipinski definition) is 0. The summed E-state index contributed by atoms with van der Waals surface area (Å²) in [5, 5.41) is 0. The molecule has 0 radical (unpaired) electrons. The van der Waals surface area contributed by atoms with Crippen molar-refractivity contribution in [2.24, 2.45) is 0 Å². The Morgan fingerprint density at radius 3 is 2.56 bits per heavy atom. The minimum atomic E-state index is -3.64. The first-order chi connectivity index (χ1) is 12.0. The average molecular weight is 359 g/mol. The first kappa shape index (κ1) is 17.0. The van der Waals surface area contributed by atoms with Gasteiger partial charge in [0, 0.05) is 29.6 Å². The van der Waals surface area contributed by atoms with Crippen LogP contribution < -0.4 is 9.47 Å². The Labute approximate surface area is 146 Å². The van der Waals surface area contributed by atoms with Crippen molar-refractivity contribution in [3.8, 4) is 22.6 Å². The molecular formula is C18H17NO5S. The number of nitrogens with zero attached hydrogens (tertiary/aromatic N) is 1. The zero-order chi connectivity index (χ0) is 17.9. The molecule has 0 aliphatic heterocycles. The molecule has 0 atom stereocenters. The van der Waals surface area contributed by atoms with Gasteiger partial charge in [0.1, 0.15) is 16.4 Å². The van der Waals surface area contributed by atoms with E-state index < -0.39 is 9.84 Å². The molecule has 3 rings (SSSR count). The van der Waals surface area contributed by atoms with E-state index in [1.54, 1.807) is 43.0 Å². The lowest BCUT2D eigenvalue weighted by Crippen LogP contribution is -2.07. The molecule has 0 saturated carbocycles. The van der Waals surface area contributed by atoms with Crippen molar-refractivity contribution in [1.29, 1.82) is 0 Å². The van der Waals surface area contributed by atoms with Crippen LogP contribution in [0.1, 0.15) is 5.56 Å². The highest BCUT2D eigenvalue weighted by atomic mass is 32.2. The Bertz CT molecular complexity index is 965. The van der Waals surface area contributed by atoms with Crippen molar-refractivity contribution < 1.29 is 22.3 Å². The summed E-state index contributed by atoms with van der Waals surface area (Å²) in [5.74, 6) is 0.527. The third-order valence-corrected chi connectivity index (χ3v) is 5.41. The summed E-state index contributed by atoms with van der Waals surface area (Å²) >= 11 is 0. The molecule has 0 amide bonds. The monoisotopic (exact) mass is 359 g/mol. The number of aromatic nitrogens is 1. The zero-order valence-electron chi connectivity index (χ0n) is 13.8. The van der Waals surface area contributed by atoms with Gasteiger partial charge in [0.25, 0.3) is 0 Å². The summed E-state index contributed by atoms with van der Waals surface area (Å²) in [6.07, 6.45) is 6.33. The molecule has 1 aromatic carbocycles. The number of hydrogen-bond acceptors (Lipinski definition) is 6. The van der Waals surface area contributed by atoms with Gasteiger partial charge in [0.15, 0.2) is 9.84 Å². The normalized spacial score (nSPS) is 11.3. The highest BCUT2D eigenvalue weighted by Gasteiger charge is 2.22. The van der Waals surface area contributed by atoms with Crippen molar-refractivity contribution in [1.82, 2.24) is 4.98 Å². The van der Waals surface area contributed by atoms with Crippen LogP contribution in [0.25, 0.3) is 11.1 Å². The first-order valence-corrected chi connectivity index (χ1v) is 9.10. The Hall–Kier alpha value is -2.80. The van der Waals surface area contributed by atoms with Crippen molar-refractivity contribution in [3.05, 3.63) is 60.8 Å². The standard InChI is InChI=1S/C18H17NO5S/c1-22-16-3-4-17(23-2)18(8-16)25(20,21)12-13-7-15(10-19-9-13)14-5-6-24-11-14/h3-11H,12H2,1-2H3.